The van der Waals surface area contributed by atoms with Crippen molar-refractivity contribution < 1.29 is 8.76 Å². The molecule has 1 aromatic rings. The molecular formula is C7H6Br2O2S. The molecule has 0 aliphatic rings. The van der Waals surface area contributed by atoms with E-state index in [2.05, 4.69) is 31.9 Å². The van der Waals surface area contributed by atoms with Crippen LogP contribution >= 0.6 is 31.9 Å². The first-order chi connectivity index (χ1) is 5.52. The summed E-state index contributed by atoms with van der Waals surface area (Å²) in [5.74, 6) is 0. The van der Waals surface area contributed by atoms with Gasteiger partial charge in [-0.05, 0) is 56.5 Å². The topological polar surface area (TPSA) is 37.3 Å². The smallest absolute Gasteiger partial charge is 0.188 e. The fourth-order valence-electron chi connectivity index (χ4n) is 0.853. The number of hydrogen-bond donors (Lipinski definition) is 1. The van der Waals surface area contributed by atoms with Crippen LogP contribution in [0.5, 0.6) is 0 Å². The Morgan fingerprint density at radius 3 is 2.08 bits per heavy atom. The van der Waals surface area contributed by atoms with Crippen LogP contribution in [0.1, 0.15) is 5.56 Å². The van der Waals surface area contributed by atoms with Gasteiger partial charge < -0.3 is 4.55 Å². The van der Waals surface area contributed by atoms with E-state index in [1.165, 1.54) is 0 Å². The Labute approximate surface area is 89.9 Å². The second-order valence-corrected chi connectivity index (χ2v) is 4.92. The maximum Gasteiger partial charge on any atom is 0.188 e. The van der Waals surface area contributed by atoms with Crippen LogP contribution in [0.2, 0.25) is 0 Å². The van der Waals surface area contributed by atoms with Crippen molar-refractivity contribution in [2.45, 2.75) is 11.8 Å². The standard InChI is InChI=1S/C7H6Br2O2S/c1-4-2-5(8)7(12(10)11)6(9)3-4/h2-3H,1H3,(H,10,11). The minimum atomic E-state index is -1.95. The summed E-state index contributed by atoms with van der Waals surface area (Å²) in [5, 5.41) is 0. The fraction of sp³-hybridized carbons (Fsp3) is 0.143. The maximum absolute atomic E-state index is 10.8. The van der Waals surface area contributed by atoms with Gasteiger partial charge in [-0.25, -0.2) is 4.21 Å². The van der Waals surface area contributed by atoms with Crippen LogP contribution < -0.4 is 0 Å². The maximum atomic E-state index is 10.8. The van der Waals surface area contributed by atoms with E-state index >= 15 is 0 Å². The van der Waals surface area contributed by atoms with Crippen molar-refractivity contribution >= 4 is 42.9 Å². The number of hydrogen-bond acceptors (Lipinski definition) is 1. The minimum absolute atomic E-state index is 0.376. The number of halogens is 2. The van der Waals surface area contributed by atoms with Gasteiger partial charge in [0.2, 0.25) is 0 Å². The molecule has 0 spiro atoms. The zero-order valence-electron chi connectivity index (χ0n) is 6.17. The molecule has 5 heteroatoms. The molecule has 1 N–H and O–H groups in total. The summed E-state index contributed by atoms with van der Waals surface area (Å²) in [7, 11) is 0. The van der Waals surface area contributed by atoms with Gasteiger partial charge in [0.05, 0.1) is 4.90 Å². The zero-order chi connectivity index (χ0) is 9.30. The van der Waals surface area contributed by atoms with Crippen molar-refractivity contribution in [3.05, 3.63) is 26.6 Å². The summed E-state index contributed by atoms with van der Waals surface area (Å²) in [5.41, 5.74) is 1.03. The Morgan fingerprint density at radius 2 is 1.75 bits per heavy atom. The van der Waals surface area contributed by atoms with Gasteiger partial charge in [0.1, 0.15) is 0 Å². The fourth-order valence-corrected chi connectivity index (χ4v) is 3.55. The average Bonchev–Trinajstić information content (AvgIpc) is 1.82. The van der Waals surface area contributed by atoms with E-state index in [4.69, 9.17) is 4.55 Å². The van der Waals surface area contributed by atoms with Crippen molar-refractivity contribution in [1.82, 2.24) is 0 Å². The first-order valence-electron chi connectivity index (χ1n) is 3.09. The molecule has 66 valence electrons. The second-order valence-electron chi connectivity index (χ2n) is 2.31. The van der Waals surface area contributed by atoms with Gasteiger partial charge in [0.15, 0.2) is 11.1 Å². The Morgan fingerprint density at radius 1 is 1.33 bits per heavy atom. The highest BCUT2D eigenvalue weighted by molar-refractivity contribution is 9.11. The van der Waals surface area contributed by atoms with Crippen molar-refractivity contribution in [1.29, 1.82) is 0 Å². The molecule has 0 saturated heterocycles. The van der Waals surface area contributed by atoms with E-state index in [1.807, 2.05) is 6.92 Å². The number of benzene rings is 1. The highest BCUT2D eigenvalue weighted by Crippen LogP contribution is 2.29. The molecule has 0 bridgehead atoms. The first kappa shape index (κ1) is 10.4. The van der Waals surface area contributed by atoms with Crippen LogP contribution in [0.4, 0.5) is 0 Å². The SMILES string of the molecule is Cc1cc(Br)c(S(=O)O)c(Br)c1. The molecular weight excluding hydrogens is 308 g/mol. The van der Waals surface area contributed by atoms with Gasteiger partial charge in [0.25, 0.3) is 0 Å². The zero-order valence-corrected chi connectivity index (χ0v) is 10.2. The highest BCUT2D eigenvalue weighted by atomic mass is 79.9. The van der Waals surface area contributed by atoms with Gasteiger partial charge in [-0.2, -0.15) is 0 Å². The lowest BCUT2D eigenvalue weighted by Crippen LogP contribution is -1.92. The van der Waals surface area contributed by atoms with Crippen LogP contribution in [-0.2, 0) is 11.1 Å². The third-order valence-electron chi connectivity index (χ3n) is 1.32. The van der Waals surface area contributed by atoms with Crippen molar-refractivity contribution in [3.8, 4) is 0 Å². The van der Waals surface area contributed by atoms with E-state index in [-0.39, 0.29) is 0 Å². The van der Waals surface area contributed by atoms with E-state index in [9.17, 15) is 4.21 Å². The molecule has 0 fully saturated rings. The largest absolute Gasteiger partial charge is 0.302 e. The summed E-state index contributed by atoms with van der Waals surface area (Å²) in [6.07, 6.45) is 0. The van der Waals surface area contributed by atoms with E-state index in [1.54, 1.807) is 12.1 Å². The Hall–Kier alpha value is 0.290. The van der Waals surface area contributed by atoms with Crippen LogP contribution in [0.15, 0.2) is 26.0 Å². The van der Waals surface area contributed by atoms with E-state index in [0.717, 1.165) is 5.56 Å². The molecule has 1 unspecified atom stereocenters. The third-order valence-corrected chi connectivity index (χ3v) is 3.88. The Kier molecular flexibility index (Phi) is 3.46. The summed E-state index contributed by atoms with van der Waals surface area (Å²) in [6, 6.07) is 3.60. The molecule has 0 saturated carbocycles. The Balaban J connectivity index is 3.38. The number of aryl methyl sites for hydroxylation is 1. The molecule has 0 aliphatic carbocycles. The summed E-state index contributed by atoms with van der Waals surface area (Å²) >= 11 is 4.48. The quantitative estimate of drug-likeness (QED) is 0.809. The van der Waals surface area contributed by atoms with Crippen LogP contribution in [-0.4, -0.2) is 8.76 Å². The molecule has 1 rings (SSSR count). The van der Waals surface area contributed by atoms with Crippen molar-refractivity contribution in [2.24, 2.45) is 0 Å². The average molecular weight is 314 g/mol. The van der Waals surface area contributed by atoms with E-state index < -0.39 is 11.1 Å². The van der Waals surface area contributed by atoms with Gasteiger partial charge in [-0.15, -0.1) is 0 Å². The van der Waals surface area contributed by atoms with Crippen LogP contribution in [0, 0.1) is 6.92 Å². The molecule has 0 amide bonds. The van der Waals surface area contributed by atoms with Crippen LogP contribution in [0.3, 0.4) is 0 Å². The molecule has 0 radical (unpaired) electrons. The third kappa shape index (κ3) is 2.16. The molecule has 0 heterocycles. The molecule has 12 heavy (non-hydrogen) atoms. The lowest BCUT2D eigenvalue weighted by molar-refractivity contribution is 0.563. The van der Waals surface area contributed by atoms with Gasteiger partial charge in [0, 0.05) is 8.95 Å². The highest BCUT2D eigenvalue weighted by Gasteiger charge is 2.10. The summed E-state index contributed by atoms with van der Waals surface area (Å²) in [4.78, 5) is 0.376. The van der Waals surface area contributed by atoms with E-state index in [0.29, 0.717) is 13.8 Å². The molecule has 0 aromatic heterocycles. The van der Waals surface area contributed by atoms with Gasteiger partial charge in [-0.1, -0.05) is 0 Å². The molecule has 2 nitrogen and oxygen atoms in total. The predicted molar refractivity (Wildman–Crippen MR) is 55.6 cm³/mol. The normalized spacial score (nSPS) is 13.0. The minimum Gasteiger partial charge on any atom is -0.302 e. The van der Waals surface area contributed by atoms with Crippen molar-refractivity contribution in [3.63, 3.8) is 0 Å². The monoisotopic (exact) mass is 312 g/mol. The Bertz CT molecular complexity index is 315. The van der Waals surface area contributed by atoms with Gasteiger partial charge in [-0.3, -0.25) is 0 Å². The van der Waals surface area contributed by atoms with Crippen LogP contribution in [0.25, 0.3) is 0 Å². The summed E-state index contributed by atoms with van der Waals surface area (Å²) < 4.78 is 21.0. The first-order valence-corrected chi connectivity index (χ1v) is 5.78. The molecule has 0 aliphatic heterocycles. The lowest BCUT2D eigenvalue weighted by Gasteiger charge is -2.03. The second kappa shape index (κ2) is 4.00. The molecule has 1 aromatic carbocycles. The number of rotatable bonds is 1. The predicted octanol–water partition coefficient (Wildman–Crippen LogP) is 3.10. The molecule has 1 atom stereocenters. The van der Waals surface area contributed by atoms with Gasteiger partial charge >= 0.3 is 0 Å². The lowest BCUT2D eigenvalue weighted by atomic mass is 10.2. The summed E-state index contributed by atoms with van der Waals surface area (Å²) in [6.45, 7) is 1.92. The van der Waals surface area contributed by atoms with Crippen molar-refractivity contribution in [2.75, 3.05) is 0 Å².